The maximum atomic E-state index is 12.2. The minimum absolute atomic E-state index is 0.0602. The number of carboxylic acid groups (broad SMARTS) is 1. The standard InChI is InChI=1S/C18H31N3O3/c1-3-21(10-17(22)23)15-8-14(9-15)20-18(24)19-11(2)16-7-12-4-5-13(16)6-12/h11-16H,3-10H2,1-2H3,(H,22,23)(H2,19,20,24). The number of aliphatic carboxylic acids is 1. The van der Waals surface area contributed by atoms with Crippen LogP contribution in [0.25, 0.3) is 0 Å². The number of amides is 2. The molecule has 6 heteroatoms. The van der Waals surface area contributed by atoms with E-state index in [2.05, 4.69) is 17.6 Å². The van der Waals surface area contributed by atoms with Crippen molar-refractivity contribution < 1.29 is 14.7 Å². The first-order valence-corrected chi connectivity index (χ1v) is 9.49. The summed E-state index contributed by atoms with van der Waals surface area (Å²) in [7, 11) is 0. The van der Waals surface area contributed by atoms with E-state index >= 15 is 0 Å². The SMILES string of the molecule is CCN(CC(=O)O)C1CC(NC(=O)NC(C)C2CC3CCC2C3)C1. The van der Waals surface area contributed by atoms with Crippen LogP contribution >= 0.6 is 0 Å². The molecular formula is C18H31N3O3. The summed E-state index contributed by atoms with van der Waals surface area (Å²) in [6.07, 6.45) is 7.04. The average molecular weight is 337 g/mol. The Balaban J connectivity index is 1.37. The molecule has 3 fully saturated rings. The van der Waals surface area contributed by atoms with Gasteiger partial charge in [0.25, 0.3) is 0 Å². The van der Waals surface area contributed by atoms with Gasteiger partial charge in [0.1, 0.15) is 0 Å². The monoisotopic (exact) mass is 337 g/mol. The van der Waals surface area contributed by atoms with Gasteiger partial charge in [-0.25, -0.2) is 4.79 Å². The van der Waals surface area contributed by atoms with Gasteiger partial charge in [-0.3, -0.25) is 9.69 Å². The van der Waals surface area contributed by atoms with Gasteiger partial charge in [-0.05, 0) is 63.3 Å². The van der Waals surface area contributed by atoms with E-state index in [1.54, 1.807) is 0 Å². The highest BCUT2D eigenvalue weighted by molar-refractivity contribution is 5.74. The predicted octanol–water partition coefficient (Wildman–Crippen LogP) is 2.05. The second kappa shape index (κ2) is 7.30. The Morgan fingerprint density at radius 2 is 1.96 bits per heavy atom. The van der Waals surface area contributed by atoms with Crippen LogP contribution in [0.4, 0.5) is 4.79 Å². The quantitative estimate of drug-likeness (QED) is 0.664. The van der Waals surface area contributed by atoms with Crippen molar-refractivity contribution in [3.63, 3.8) is 0 Å². The van der Waals surface area contributed by atoms with Crippen LogP contribution in [0.3, 0.4) is 0 Å². The summed E-state index contributed by atoms with van der Waals surface area (Å²) in [6, 6.07) is 0.634. The maximum Gasteiger partial charge on any atom is 0.317 e. The van der Waals surface area contributed by atoms with E-state index in [4.69, 9.17) is 5.11 Å². The molecule has 24 heavy (non-hydrogen) atoms. The number of carbonyl (C=O) groups excluding carboxylic acids is 1. The molecule has 0 spiro atoms. The van der Waals surface area contributed by atoms with E-state index in [1.807, 2.05) is 11.8 Å². The minimum Gasteiger partial charge on any atom is -0.480 e. The van der Waals surface area contributed by atoms with Crippen molar-refractivity contribution >= 4 is 12.0 Å². The summed E-state index contributed by atoms with van der Waals surface area (Å²) < 4.78 is 0. The first-order valence-electron chi connectivity index (χ1n) is 9.49. The molecule has 0 aliphatic heterocycles. The molecule has 3 saturated carbocycles. The number of carbonyl (C=O) groups is 2. The Hall–Kier alpha value is -1.30. The molecule has 0 heterocycles. The van der Waals surface area contributed by atoms with Crippen LogP contribution in [0.15, 0.2) is 0 Å². The van der Waals surface area contributed by atoms with Crippen LogP contribution in [0, 0.1) is 17.8 Å². The maximum absolute atomic E-state index is 12.2. The normalized spacial score (nSPS) is 35.5. The summed E-state index contributed by atoms with van der Waals surface area (Å²) >= 11 is 0. The molecule has 0 aromatic heterocycles. The zero-order chi connectivity index (χ0) is 17.3. The van der Waals surface area contributed by atoms with Crippen molar-refractivity contribution in [1.82, 2.24) is 15.5 Å². The number of fused-ring (bicyclic) bond motifs is 2. The molecule has 0 aromatic rings. The molecule has 2 amide bonds. The largest absolute Gasteiger partial charge is 0.480 e. The van der Waals surface area contributed by atoms with Crippen LogP contribution in [-0.4, -0.2) is 53.2 Å². The second-order valence-electron chi connectivity index (χ2n) is 8.02. The van der Waals surface area contributed by atoms with Gasteiger partial charge in [-0.2, -0.15) is 0 Å². The summed E-state index contributed by atoms with van der Waals surface area (Å²) in [5.41, 5.74) is 0. The minimum atomic E-state index is -0.786. The number of hydrogen-bond donors (Lipinski definition) is 3. The Labute approximate surface area is 144 Å². The van der Waals surface area contributed by atoms with Crippen molar-refractivity contribution in [1.29, 1.82) is 0 Å². The highest BCUT2D eigenvalue weighted by Crippen LogP contribution is 2.49. The Bertz CT molecular complexity index is 478. The van der Waals surface area contributed by atoms with E-state index in [-0.39, 0.29) is 30.7 Å². The lowest BCUT2D eigenvalue weighted by atomic mass is 9.84. The van der Waals surface area contributed by atoms with E-state index in [9.17, 15) is 9.59 Å². The number of carboxylic acids is 1. The molecule has 3 N–H and O–H groups in total. The van der Waals surface area contributed by atoms with Gasteiger partial charge in [0.15, 0.2) is 0 Å². The molecule has 3 rings (SSSR count). The summed E-state index contributed by atoms with van der Waals surface area (Å²) in [6.45, 7) is 4.94. The van der Waals surface area contributed by atoms with Crippen molar-refractivity contribution in [2.24, 2.45) is 17.8 Å². The lowest BCUT2D eigenvalue weighted by Gasteiger charge is -2.42. The summed E-state index contributed by atoms with van der Waals surface area (Å²) in [5.74, 6) is 1.57. The van der Waals surface area contributed by atoms with E-state index in [0.29, 0.717) is 5.92 Å². The predicted molar refractivity (Wildman–Crippen MR) is 91.8 cm³/mol. The number of likely N-dealkylation sites (N-methyl/N-ethyl adjacent to an activating group) is 1. The fourth-order valence-corrected chi connectivity index (χ4v) is 5.12. The fourth-order valence-electron chi connectivity index (χ4n) is 5.12. The third-order valence-corrected chi connectivity index (χ3v) is 6.50. The molecule has 3 aliphatic carbocycles. The summed E-state index contributed by atoms with van der Waals surface area (Å²) in [5, 5.41) is 15.1. The molecular weight excluding hydrogens is 306 g/mol. The Kier molecular flexibility index (Phi) is 5.33. The smallest absolute Gasteiger partial charge is 0.317 e. The van der Waals surface area contributed by atoms with Gasteiger partial charge in [0, 0.05) is 18.1 Å². The highest BCUT2D eigenvalue weighted by atomic mass is 16.4. The van der Waals surface area contributed by atoms with Gasteiger partial charge >= 0.3 is 12.0 Å². The molecule has 0 saturated heterocycles. The number of nitrogens with one attached hydrogen (secondary N) is 2. The molecule has 2 bridgehead atoms. The first-order chi connectivity index (χ1) is 11.5. The molecule has 136 valence electrons. The van der Waals surface area contributed by atoms with Gasteiger partial charge < -0.3 is 15.7 Å². The zero-order valence-electron chi connectivity index (χ0n) is 14.8. The van der Waals surface area contributed by atoms with Crippen LogP contribution < -0.4 is 10.6 Å². The Morgan fingerprint density at radius 3 is 2.50 bits per heavy atom. The highest BCUT2D eigenvalue weighted by Gasteiger charge is 2.42. The topological polar surface area (TPSA) is 81.7 Å². The molecule has 0 radical (unpaired) electrons. The number of rotatable bonds is 7. The van der Waals surface area contributed by atoms with Crippen LogP contribution in [0.1, 0.15) is 52.4 Å². The lowest BCUT2D eigenvalue weighted by molar-refractivity contribution is -0.139. The zero-order valence-corrected chi connectivity index (χ0v) is 14.8. The summed E-state index contributed by atoms with van der Waals surface area (Å²) in [4.78, 5) is 25.0. The first kappa shape index (κ1) is 17.5. The second-order valence-corrected chi connectivity index (χ2v) is 8.02. The van der Waals surface area contributed by atoms with E-state index in [0.717, 1.165) is 31.2 Å². The van der Waals surface area contributed by atoms with Crippen molar-refractivity contribution in [3.8, 4) is 0 Å². The number of urea groups is 1. The van der Waals surface area contributed by atoms with Crippen molar-refractivity contribution in [2.75, 3.05) is 13.1 Å². The number of nitrogens with zero attached hydrogens (tertiary/aromatic N) is 1. The Morgan fingerprint density at radius 1 is 1.21 bits per heavy atom. The molecule has 0 aromatic carbocycles. The van der Waals surface area contributed by atoms with Gasteiger partial charge in [0.2, 0.25) is 0 Å². The van der Waals surface area contributed by atoms with Crippen molar-refractivity contribution in [3.05, 3.63) is 0 Å². The third kappa shape index (κ3) is 3.85. The molecule has 3 aliphatic rings. The van der Waals surface area contributed by atoms with Gasteiger partial charge in [-0.15, -0.1) is 0 Å². The van der Waals surface area contributed by atoms with E-state index in [1.165, 1.54) is 25.7 Å². The van der Waals surface area contributed by atoms with Crippen LogP contribution in [-0.2, 0) is 4.79 Å². The van der Waals surface area contributed by atoms with Crippen molar-refractivity contribution in [2.45, 2.75) is 70.5 Å². The number of hydrogen-bond acceptors (Lipinski definition) is 3. The fraction of sp³-hybridized carbons (Fsp3) is 0.889. The van der Waals surface area contributed by atoms with E-state index < -0.39 is 5.97 Å². The van der Waals surface area contributed by atoms with Crippen LogP contribution in [0.2, 0.25) is 0 Å². The molecule has 4 atom stereocenters. The average Bonchev–Trinajstić information content (AvgIpc) is 3.11. The van der Waals surface area contributed by atoms with Crippen LogP contribution in [0.5, 0.6) is 0 Å². The van der Waals surface area contributed by atoms with Gasteiger partial charge in [0.05, 0.1) is 6.54 Å². The molecule has 4 unspecified atom stereocenters. The van der Waals surface area contributed by atoms with Gasteiger partial charge in [-0.1, -0.05) is 13.3 Å². The lowest BCUT2D eigenvalue weighted by Crippen LogP contribution is -2.57. The third-order valence-electron chi connectivity index (χ3n) is 6.50. The molecule has 6 nitrogen and oxygen atoms in total.